The van der Waals surface area contributed by atoms with E-state index in [1.165, 1.54) is 19.3 Å². The van der Waals surface area contributed by atoms with E-state index in [-0.39, 0.29) is 12.5 Å². The Morgan fingerprint density at radius 2 is 1.87 bits per heavy atom. The lowest BCUT2D eigenvalue weighted by molar-refractivity contribution is -0.143. The van der Waals surface area contributed by atoms with Crippen LogP contribution in [0.3, 0.4) is 0 Å². The van der Waals surface area contributed by atoms with Gasteiger partial charge < -0.3 is 20.1 Å². The Kier molecular flexibility index (Phi) is 7.91. The Morgan fingerprint density at radius 1 is 1.13 bits per heavy atom. The fraction of sp³-hybridized carbons (Fsp3) is 0.312. The topological polar surface area (TPSA) is 93.7 Å². The van der Waals surface area contributed by atoms with Crippen molar-refractivity contribution in [1.82, 2.24) is 10.6 Å². The summed E-state index contributed by atoms with van der Waals surface area (Å²) < 4.78 is 9.93. The van der Waals surface area contributed by atoms with Crippen LogP contribution in [-0.4, -0.2) is 44.6 Å². The van der Waals surface area contributed by atoms with E-state index in [9.17, 15) is 14.4 Å². The van der Waals surface area contributed by atoms with Gasteiger partial charge in [0, 0.05) is 18.2 Å². The molecule has 0 saturated carbocycles. The minimum atomic E-state index is -0.663. The van der Waals surface area contributed by atoms with Crippen LogP contribution in [0, 0.1) is 0 Å². The van der Waals surface area contributed by atoms with Crippen molar-refractivity contribution in [2.45, 2.75) is 6.92 Å². The molecule has 2 amide bonds. The number of hydrogen-bond donors (Lipinski definition) is 2. The van der Waals surface area contributed by atoms with Crippen molar-refractivity contribution in [3.8, 4) is 5.75 Å². The number of amides is 2. The quantitative estimate of drug-likeness (QED) is 0.537. The van der Waals surface area contributed by atoms with E-state index in [2.05, 4.69) is 10.6 Å². The molecule has 0 saturated heterocycles. The lowest BCUT2D eigenvalue weighted by atomic mass is 10.2. The molecule has 124 valence electrons. The average molecular weight is 320 g/mol. The molecule has 1 aromatic rings. The smallest absolute Gasteiger partial charge is 0.331 e. The largest absolute Gasteiger partial charge is 0.496 e. The number of methoxy groups -OCH3 is 1. The number of rotatable bonds is 8. The molecule has 0 fully saturated rings. The molecule has 1 aromatic carbocycles. The van der Waals surface area contributed by atoms with Gasteiger partial charge in [0.1, 0.15) is 5.75 Å². The zero-order valence-corrected chi connectivity index (χ0v) is 13.1. The van der Waals surface area contributed by atoms with E-state index >= 15 is 0 Å². The maximum atomic E-state index is 11.6. The van der Waals surface area contributed by atoms with Crippen LogP contribution in [0.4, 0.5) is 0 Å². The van der Waals surface area contributed by atoms with Gasteiger partial charge in [-0.15, -0.1) is 0 Å². The Bertz CT molecular complexity index is 584. The standard InChI is InChI=1S/C16H20N2O5/c1-3-17-14(19)10-18-15(20)11-23-16(21)9-8-12-6-4-5-7-13(12)22-2/h4-9H,3,10-11H2,1-2H3,(H,17,19)(H,18,20)/b9-8+. The molecule has 0 atom stereocenters. The summed E-state index contributed by atoms with van der Waals surface area (Å²) >= 11 is 0. The fourth-order valence-corrected chi connectivity index (χ4v) is 1.64. The van der Waals surface area contributed by atoms with Gasteiger partial charge in [0.2, 0.25) is 5.91 Å². The van der Waals surface area contributed by atoms with Crippen LogP contribution in [-0.2, 0) is 19.1 Å². The SMILES string of the molecule is CCNC(=O)CNC(=O)COC(=O)/C=C/c1ccccc1OC. The predicted molar refractivity (Wildman–Crippen MR) is 84.7 cm³/mol. The molecule has 7 heteroatoms. The van der Waals surface area contributed by atoms with Gasteiger partial charge in [0.15, 0.2) is 6.61 Å². The lowest BCUT2D eigenvalue weighted by Crippen LogP contribution is -2.38. The van der Waals surface area contributed by atoms with Gasteiger partial charge in [0.05, 0.1) is 13.7 Å². The summed E-state index contributed by atoms with van der Waals surface area (Å²) in [7, 11) is 1.53. The van der Waals surface area contributed by atoms with Crippen LogP contribution >= 0.6 is 0 Å². The minimum absolute atomic E-state index is 0.152. The van der Waals surface area contributed by atoms with Crippen molar-refractivity contribution in [2.75, 3.05) is 26.8 Å². The van der Waals surface area contributed by atoms with Crippen molar-refractivity contribution in [1.29, 1.82) is 0 Å². The van der Waals surface area contributed by atoms with Crippen LogP contribution in [0.5, 0.6) is 5.75 Å². The maximum Gasteiger partial charge on any atom is 0.331 e. The lowest BCUT2D eigenvalue weighted by Gasteiger charge is -2.05. The first-order valence-electron chi connectivity index (χ1n) is 7.08. The second-order valence-electron chi connectivity index (χ2n) is 4.41. The molecular formula is C16H20N2O5. The molecule has 0 aromatic heterocycles. The maximum absolute atomic E-state index is 11.6. The van der Waals surface area contributed by atoms with Gasteiger partial charge in [-0.1, -0.05) is 18.2 Å². The molecule has 7 nitrogen and oxygen atoms in total. The highest BCUT2D eigenvalue weighted by Crippen LogP contribution is 2.18. The van der Waals surface area contributed by atoms with Gasteiger partial charge in [-0.2, -0.15) is 0 Å². The highest BCUT2D eigenvalue weighted by Gasteiger charge is 2.07. The first-order chi connectivity index (χ1) is 11.1. The van der Waals surface area contributed by atoms with Gasteiger partial charge >= 0.3 is 5.97 Å². The Labute approximate surface area is 134 Å². The summed E-state index contributed by atoms with van der Waals surface area (Å²) in [6.07, 6.45) is 2.74. The second-order valence-corrected chi connectivity index (χ2v) is 4.41. The number of esters is 1. The van der Waals surface area contributed by atoms with Crippen LogP contribution in [0.2, 0.25) is 0 Å². The zero-order chi connectivity index (χ0) is 17.1. The number of para-hydroxylation sites is 1. The summed E-state index contributed by atoms with van der Waals surface area (Å²) in [5, 5.41) is 4.87. The van der Waals surface area contributed by atoms with Crippen molar-refractivity contribution in [3.63, 3.8) is 0 Å². The number of likely N-dealkylation sites (N-methyl/N-ethyl adjacent to an activating group) is 1. The molecule has 0 spiro atoms. The first kappa shape index (κ1) is 18.2. The Morgan fingerprint density at radius 3 is 2.57 bits per heavy atom. The number of benzene rings is 1. The van der Waals surface area contributed by atoms with E-state index in [1.807, 2.05) is 12.1 Å². The normalized spacial score (nSPS) is 10.2. The summed E-state index contributed by atoms with van der Waals surface area (Å²) in [5.41, 5.74) is 0.715. The second kappa shape index (κ2) is 9.99. The number of hydrogen-bond acceptors (Lipinski definition) is 5. The third-order valence-corrected chi connectivity index (χ3v) is 2.70. The summed E-state index contributed by atoms with van der Waals surface area (Å²) in [4.78, 5) is 34.1. The average Bonchev–Trinajstić information content (AvgIpc) is 2.56. The van der Waals surface area contributed by atoms with E-state index in [0.29, 0.717) is 17.9 Å². The van der Waals surface area contributed by atoms with Crippen molar-refractivity contribution >= 4 is 23.9 Å². The molecule has 2 N–H and O–H groups in total. The highest BCUT2D eigenvalue weighted by molar-refractivity contribution is 5.90. The van der Waals surface area contributed by atoms with E-state index in [4.69, 9.17) is 9.47 Å². The monoisotopic (exact) mass is 320 g/mol. The Balaban J connectivity index is 2.37. The third-order valence-electron chi connectivity index (χ3n) is 2.70. The van der Waals surface area contributed by atoms with Gasteiger partial charge in [-0.25, -0.2) is 4.79 Å². The fourth-order valence-electron chi connectivity index (χ4n) is 1.64. The number of carbonyl (C=O) groups excluding carboxylic acids is 3. The van der Waals surface area contributed by atoms with Crippen LogP contribution in [0.15, 0.2) is 30.3 Å². The number of nitrogens with one attached hydrogen (secondary N) is 2. The van der Waals surface area contributed by atoms with E-state index in [1.54, 1.807) is 19.1 Å². The van der Waals surface area contributed by atoms with Crippen LogP contribution in [0.1, 0.15) is 12.5 Å². The Hall–Kier alpha value is -2.83. The third kappa shape index (κ3) is 7.12. The van der Waals surface area contributed by atoms with Crippen LogP contribution in [0.25, 0.3) is 6.08 Å². The van der Waals surface area contributed by atoms with E-state index < -0.39 is 18.5 Å². The molecule has 23 heavy (non-hydrogen) atoms. The van der Waals surface area contributed by atoms with Crippen molar-refractivity contribution < 1.29 is 23.9 Å². The van der Waals surface area contributed by atoms with Crippen LogP contribution < -0.4 is 15.4 Å². The molecule has 0 radical (unpaired) electrons. The highest BCUT2D eigenvalue weighted by atomic mass is 16.5. The summed E-state index contributed by atoms with van der Waals surface area (Å²) in [5.74, 6) is -0.890. The molecule has 0 heterocycles. The number of ether oxygens (including phenoxy) is 2. The van der Waals surface area contributed by atoms with Crippen molar-refractivity contribution in [2.24, 2.45) is 0 Å². The molecule has 1 rings (SSSR count). The molecule has 0 aliphatic carbocycles. The molecule has 0 aliphatic heterocycles. The number of carbonyl (C=O) groups is 3. The zero-order valence-electron chi connectivity index (χ0n) is 13.1. The molecule has 0 aliphatic rings. The van der Waals surface area contributed by atoms with Gasteiger partial charge in [-0.05, 0) is 19.1 Å². The molecule has 0 unspecified atom stereocenters. The van der Waals surface area contributed by atoms with Crippen molar-refractivity contribution in [3.05, 3.63) is 35.9 Å². The van der Waals surface area contributed by atoms with Gasteiger partial charge in [-0.3, -0.25) is 9.59 Å². The minimum Gasteiger partial charge on any atom is -0.496 e. The summed E-state index contributed by atoms with van der Waals surface area (Å²) in [6, 6.07) is 7.16. The van der Waals surface area contributed by atoms with Gasteiger partial charge in [0.25, 0.3) is 5.91 Å². The molecular weight excluding hydrogens is 300 g/mol. The first-order valence-corrected chi connectivity index (χ1v) is 7.08. The summed E-state index contributed by atoms with van der Waals surface area (Å²) in [6.45, 7) is 1.66. The molecule has 0 bridgehead atoms. The predicted octanol–water partition coefficient (Wildman–Crippen LogP) is 0.504. The van der Waals surface area contributed by atoms with E-state index in [0.717, 1.165) is 0 Å².